The second kappa shape index (κ2) is 8.51. The van der Waals surface area contributed by atoms with Crippen molar-refractivity contribution in [3.05, 3.63) is 54.3 Å². The average Bonchev–Trinajstić information content (AvgIpc) is 2.65. The van der Waals surface area contributed by atoms with Gasteiger partial charge in [0.25, 0.3) is 0 Å². The predicted octanol–water partition coefficient (Wildman–Crippen LogP) is 4.26. The Labute approximate surface area is 148 Å². The molecule has 0 aliphatic carbocycles. The number of nitrogens with zero attached hydrogens (tertiary/aromatic N) is 1. The van der Waals surface area contributed by atoms with Crippen molar-refractivity contribution < 1.29 is 9.18 Å². The molecule has 1 amide bonds. The molecule has 0 atom stereocenters. The number of carbonyl (C=O) groups is 1. The highest BCUT2D eigenvalue weighted by atomic mass is 19.1. The molecule has 25 heavy (non-hydrogen) atoms. The zero-order chi connectivity index (χ0) is 17.5. The Hall–Kier alpha value is -2.56. The smallest absolute Gasteiger partial charge is 0.226 e. The van der Waals surface area contributed by atoms with Gasteiger partial charge in [0.15, 0.2) is 0 Å². The van der Waals surface area contributed by atoms with E-state index in [4.69, 9.17) is 0 Å². The van der Waals surface area contributed by atoms with Crippen molar-refractivity contribution in [2.45, 2.75) is 25.7 Å². The topological polar surface area (TPSA) is 44.4 Å². The van der Waals surface area contributed by atoms with E-state index in [0.29, 0.717) is 13.0 Å². The summed E-state index contributed by atoms with van der Waals surface area (Å²) in [6.45, 7) is 2.73. The van der Waals surface area contributed by atoms with Gasteiger partial charge in [-0.15, -0.1) is 0 Å². The Morgan fingerprint density at radius 2 is 1.56 bits per heavy atom. The van der Waals surface area contributed by atoms with Gasteiger partial charge in [-0.25, -0.2) is 4.39 Å². The SMILES string of the molecule is O=C(CCNc1ccc(F)cc1)Nc1ccc(N2CCCCC2)cc1. The van der Waals surface area contributed by atoms with E-state index in [-0.39, 0.29) is 11.7 Å². The summed E-state index contributed by atoms with van der Waals surface area (Å²) < 4.78 is 12.8. The maximum atomic E-state index is 12.8. The van der Waals surface area contributed by atoms with E-state index in [2.05, 4.69) is 27.7 Å². The third-order valence-electron chi connectivity index (χ3n) is 4.40. The van der Waals surface area contributed by atoms with Gasteiger partial charge in [-0.1, -0.05) is 0 Å². The molecule has 1 heterocycles. The molecule has 3 rings (SSSR count). The van der Waals surface area contributed by atoms with E-state index in [1.807, 2.05) is 12.1 Å². The summed E-state index contributed by atoms with van der Waals surface area (Å²) in [7, 11) is 0. The molecule has 1 fully saturated rings. The van der Waals surface area contributed by atoms with Crippen molar-refractivity contribution in [2.24, 2.45) is 0 Å². The van der Waals surface area contributed by atoms with Gasteiger partial charge >= 0.3 is 0 Å². The minimum absolute atomic E-state index is 0.0414. The van der Waals surface area contributed by atoms with Crippen molar-refractivity contribution in [1.29, 1.82) is 0 Å². The van der Waals surface area contributed by atoms with Crippen molar-refractivity contribution in [3.63, 3.8) is 0 Å². The number of hydrogen-bond acceptors (Lipinski definition) is 3. The first-order valence-electron chi connectivity index (χ1n) is 8.85. The highest BCUT2D eigenvalue weighted by molar-refractivity contribution is 5.91. The van der Waals surface area contributed by atoms with E-state index in [1.165, 1.54) is 37.1 Å². The van der Waals surface area contributed by atoms with Crippen molar-refractivity contribution in [3.8, 4) is 0 Å². The lowest BCUT2D eigenvalue weighted by molar-refractivity contribution is -0.115. The number of anilines is 3. The average molecular weight is 341 g/mol. The van der Waals surface area contributed by atoms with E-state index < -0.39 is 0 Å². The molecule has 5 heteroatoms. The van der Waals surface area contributed by atoms with Gasteiger partial charge in [-0.2, -0.15) is 0 Å². The number of nitrogens with one attached hydrogen (secondary N) is 2. The molecule has 0 spiro atoms. The lowest BCUT2D eigenvalue weighted by Crippen LogP contribution is -2.29. The first-order chi connectivity index (χ1) is 12.2. The summed E-state index contributed by atoms with van der Waals surface area (Å²) in [5.74, 6) is -0.309. The molecule has 1 saturated heterocycles. The van der Waals surface area contributed by atoms with Crippen LogP contribution in [0.5, 0.6) is 0 Å². The van der Waals surface area contributed by atoms with Crippen LogP contribution in [-0.2, 0) is 4.79 Å². The van der Waals surface area contributed by atoms with E-state index >= 15 is 0 Å². The number of amides is 1. The van der Waals surface area contributed by atoms with Gasteiger partial charge in [-0.05, 0) is 67.8 Å². The van der Waals surface area contributed by atoms with Crippen LogP contribution >= 0.6 is 0 Å². The van der Waals surface area contributed by atoms with Gasteiger partial charge in [0.05, 0.1) is 0 Å². The molecule has 0 radical (unpaired) electrons. The standard InChI is InChI=1S/C20H24FN3O/c21-16-4-6-17(7-5-16)22-13-12-20(25)23-18-8-10-19(11-9-18)24-14-2-1-3-15-24/h4-11,22H,1-3,12-15H2,(H,23,25). The van der Waals surface area contributed by atoms with Crippen LogP contribution in [0.2, 0.25) is 0 Å². The zero-order valence-corrected chi connectivity index (χ0v) is 14.3. The van der Waals surface area contributed by atoms with Gasteiger partial charge in [0.1, 0.15) is 5.82 Å². The molecule has 1 aliphatic rings. The largest absolute Gasteiger partial charge is 0.385 e. The summed E-state index contributed by atoms with van der Waals surface area (Å²) in [4.78, 5) is 14.4. The van der Waals surface area contributed by atoms with Crippen LogP contribution in [0.25, 0.3) is 0 Å². The first-order valence-corrected chi connectivity index (χ1v) is 8.85. The van der Waals surface area contributed by atoms with E-state index in [0.717, 1.165) is 24.5 Å². The number of rotatable bonds is 6. The lowest BCUT2D eigenvalue weighted by Gasteiger charge is -2.28. The maximum Gasteiger partial charge on any atom is 0.226 e. The molecule has 1 aliphatic heterocycles. The monoisotopic (exact) mass is 341 g/mol. The van der Waals surface area contributed by atoms with Crippen LogP contribution in [-0.4, -0.2) is 25.5 Å². The van der Waals surface area contributed by atoms with Crippen LogP contribution < -0.4 is 15.5 Å². The van der Waals surface area contributed by atoms with Gasteiger partial charge in [-0.3, -0.25) is 4.79 Å². The minimum Gasteiger partial charge on any atom is -0.385 e. The second-order valence-electron chi connectivity index (χ2n) is 6.33. The molecular weight excluding hydrogens is 317 g/mol. The van der Waals surface area contributed by atoms with Crippen molar-refractivity contribution in [1.82, 2.24) is 0 Å². The number of halogens is 1. The minimum atomic E-state index is -0.267. The highest BCUT2D eigenvalue weighted by Crippen LogP contribution is 2.21. The molecule has 132 valence electrons. The molecule has 0 saturated carbocycles. The summed E-state index contributed by atoms with van der Waals surface area (Å²) in [6, 6.07) is 14.2. The van der Waals surface area contributed by atoms with E-state index in [9.17, 15) is 9.18 Å². The van der Waals surface area contributed by atoms with Crippen molar-refractivity contribution in [2.75, 3.05) is 35.2 Å². The Morgan fingerprint density at radius 1 is 0.920 bits per heavy atom. The highest BCUT2D eigenvalue weighted by Gasteiger charge is 2.10. The predicted molar refractivity (Wildman–Crippen MR) is 101 cm³/mol. The van der Waals surface area contributed by atoms with Gasteiger partial charge in [0.2, 0.25) is 5.91 Å². The summed E-state index contributed by atoms with van der Waals surface area (Å²) >= 11 is 0. The van der Waals surface area contributed by atoms with Crippen LogP contribution in [0.3, 0.4) is 0 Å². The Morgan fingerprint density at radius 3 is 2.24 bits per heavy atom. The first kappa shape index (κ1) is 17.3. The van der Waals surface area contributed by atoms with Crippen LogP contribution in [0.4, 0.5) is 21.5 Å². The molecule has 4 nitrogen and oxygen atoms in total. The molecule has 2 N–H and O–H groups in total. The summed E-state index contributed by atoms with van der Waals surface area (Å²) in [6.07, 6.45) is 4.17. The second-order valence-corrected chi connectivity index (χ2v) is 6.33. The number of benzene rings is 2. The quantitative estimate of drug-likeness (QED) is 0.825. The molecule has 2 aromatic carbocycles. The molecule has 0 bridgehead atoms. The summed E-state index contributed by atoms with van der Waals surface area (Å²) in [5, 5.41) is 6.02. The summed E-state index contributed by atoms with van der Waals surface area (Å²) in [5.41, 5.74) is 2.84. The van der Waals surface area contributed by atoms with Crippen LogP contribution in [0, 0.1) is 5.82 Å². The number of hydrogen-bond donors (Lipinski definition) is 2. The lowest BCUT2D eigenvalue weighted by atomic mass is 10.1. The maximum absolute atomic E-state index is 12.8. The Kier molecular flexibility index (Phi) is 5.88. The van der Waals surface area contributed by atoms with Crippen LogP contribution in [0.1, 0.15) is 25.7 Å². The number of piperidine rings is 1. The van der Waals surface area contributed by atoms with Gasteiger partial charge < -0.3 is 15.5 Å². The van der Waals surface area contributed by atoms with E-state index in [1.54, 1.807) is 12.1 Å². The fourth-order valence-corrected chi connectivity index (χ4v) is 3.02. The third-order valence-corrected chi connectivity index (χ3v) is 4.40. The normalized spacial score (nSPS) is 14.2. The number of carbonyl (C=O) groups excluding carboxylic acids is 1. The third kappa shape index (κ3) is 5.21. The molecule has 0 unspecified atom stereocenters. The van der Waals surface area contributed by atoms with Crippen LogP contribution in [0.15, 0.2) is 48.5 Å². The fourth-order valence-electron chi connectivity index (χ4n) is 3.02. The Bertz CT molecular complexity index is 679. The van der Waals surface area contributed by atoms with Crippen molar-refractivity contribution >= 4 is 23.0 Å². The Balaban J connectivity index is 1.43. The van der Waals surface area contributed by atoms with Gasteiger partial charge in [0, 0.05) is 43.1 Å². The fraction of sp³-hybridized carbons (Fsp3) is 0.350. The molecule has 0 aromatic heterocycles. The zero-order valence-electron chi connectivity index (χ0n) is 14.3. The molecular formula is C20H24FN3O. The molecule has 2 aromatic rings.